The molecule has 0 fully saturated rings. The molecule has 0 aliphatic heterocycles. The molecule has 1 heterocycles. The van der Waals surface area contributed by atoms with Gasteiger partial charge >= 0.3 is 0 Å². The van der Waals surface area contributed by atoms with Crippen LogP contribution < -0.4 is 10.6 Å². The Bertz CT molecular complexity index is 633. The molecule has 98 valence electrons. The molecule has 1 aromatic carbocycles. The summed E-state index contributed by atoms with van der Waals surface area (Å²) in [6, 6.07) is 7.41. The SMILES string of the molecule is CN(C(=O)c1cnc(N)c(Cl)c1)c1ccccc1F. The Morgan fingerprint density at radius 3 is 2.74 bits per heavy atom. The summed E-state index contributed by atoms with van der Waals surface area (Å²) < 4.78 is 13.6. The highest BCUT2D eigenvalue weighted by Crippen LogP contribution is 2.21. The molecule has 0 saturated heterocycles. The number of aromatic nitrogens is 1. The van der Waals surface area contributed by atoms with Gasteiger partial charge in [0.1, 0.15) is 11.6 Å². The number of hydrogen-bond donors (Lipinski definition) is 1. The van der Waals surface area contributed by atoms with Gasteiger partial charge in [-0.05, 0) is 18.2 Å². The van der Waals surface area contributed by atoms with Crippen LogP contribution in [0.1, 0.15) is 10.4 Å². The van der Waals surface area contributed by atoms with Gasteiger partial charge in [-0.2, -0.15) is 0 Å². The third-order valence-electron chi connectivity index (χ3n) is 2.64. The predicted molar refractivity (Wildman–Crippen MR) is 72.8 cm³/mol. The van der Waals surface area contributed by atoms with E-state index in [1.807, 2.05) is 0 Å². The lowest BCUT2D eigenvalue weighted by Gasteiger charge is -2.18. The van der Waals surface area contributed by atoms with Gasteiger partial charge in [0.05, 0.1) is 16.3 Å². The highest BCUT2D eigenvalue weighted by molar-refractivity contribution is 6.33. The number of carbonyl (C=O) groups excluding carboxylic acids is 1. The van der Waals surface area contributed by atoms with Crippen LogP contribution in [0.5, 0.6) is 0 Å². The number of anilines is 2. The maximum absolute atomic E-state index is 13.6. The molecule has 0 radical (unpaired) electrons. The standard InChI is InChI=1S/C13H11ClFN3O/c1-18(11-5-3-2-4-10(11)15)13(19)8-6-9(14)12(16)17-7-8/h2-7H,1H3,(H2,16,17). The first-order chi connectivity index (χ1) is 9.00. The van der Waals surface area contributed by atoms with E-state index in [4.69, 9.17) is 17.3 Å². The molecule has 0 aliphatic rings. The Kier molecular flexibility index (Phi) is 3.66. The zero-order valence-electron chi connectivity index (χ0n) is 10.1. The van der Waals surface area contributed by atoms with Crippen molar-refractivity contribution in [2.75, 3.05) is 17.7 Å². The molecular formula is C13H11ClFN3O. The Hall–Kier alpha value is -2.14. The van der Waals surface area contributed by atoms with Gasteiger partial charge in [-0.25, -0.2) is 9.37 Å². The van der Waals surface area contributed by atoms with Gasteiger partial charge in [0, 0.05) is 13.2 Å². The number of hydrogen-bond acceptors (Lipinski definition) is 3. The van der Waals surface area contributed by atoms with Gasteiger partial charge in [-0.3, -0.25) is 4.79 Å². The Morgan fingerprint density at radius 1 is 1.42 bits per heavy atom. The molecule has 0 unspecified atom stereocenters. The first-order valence-corrected chi connectivity index (χ1v) is 5.82. The molecule has 0 aliphatic carbocycles. The van der Waals surface area contributed by atoms with Crippen LogP contribution in [-0.4, -0.2) is 17.9 Å². The van der Waals surface area contributed by atoms with Gasteiger partial charge in [0.25, 0.3) is 5.91 Å². The number of rotatable bonds is 2. The fraction of sp³-hybridized carbons (Fsp3) is 0.0769. The van der Waals surface area contributed by atoms with E-state index in [1.54, 1.807) is 12.1 Å². The summed E-state index contributed by atoms with van der Waals surface area (Å²) >= 11 is 5.81. The van der Waals surface area contributed by atoms with Crippen molar-refractivity contribution >= 4 is 29.0 Å². The maximum atomic E-state index is 13.6. The van der Waals surface area contributed by atoms with E-state index in [-0.39, 0.29) is 22.1 Å². The molecule has 0 atom stereocenters. The average molecular weight is 280 g/mol. The second-order valence-corrected chi connectivity index (χ2v) is 4.31. The predicted octanol–water partition coefficient (Wildman–Crippen LogP) is 2.73. The van der Waals surface area contributed by atoms with Crippen LogP contribution in [-0.2, 0) is 0 Å². The van der Waals surface area contributed by atoms with E-state index in [2.05, 4.69) is 4.98 Å². The summed E-state index contributed by atoms with van der Waals surface area (Å²) in [5, 5.41) is 0.188. The lowest BCUT2D eigenvalue weighted by Crippen LogP contribution is -2.27. The van der Waals surface area contributed by atoms with Crippen molar-refractivity contribution in [3.63, 3.8) is 0 Å². The van der Waals surface area contributed by atoms with Crippen LogP contribution >= 0.6 is 11.6 Å². The molecular weight excluding hydrogens is 269 g/mol. The molecule has 19 heavy (non-hydrogen) atoms. The Morgan fingerprint density at radius 2 is 2.11 bits per heavy atom. The number of nitrogens with zero attached hydrogens (tertiary/aromatic N) is 2. The summed E-state index contributed by atoms with van der Waals surface area (Å²) in [5.74, 6) is -0.751. The van der Waals surface area contributed by atoms with E-state index >= 15 is 0 Å². The summed E-state index contributed by atoms with van der Waals surface area (Å²) in [7, 11) is 1.48. The minimum absolute atomic E-state index is 0.145. The van der Waals surface area contributed by atoms with Crippen LogP contribution in [0.2, 0.25) is 5.02 Å². The highest BCUT2D eigenvalue weighted by Gasteiger charge is 2.17. The van der Waals surface area contributed by atoms with Crippen molar-refractivity contribution in [3.05, 3.63) is 52.9 Å². The number of carbonyl (C=O) groups is 1. The zero-order chi connectivity index (χ0) is 14.0. The third-order valence-corrected chi connectivity index (χ3v) is 2.94. The smallest absolute Gasteiger partial charge is 0.259 e. The van der Waals surface area contributed by atoms with Crippen LogP contribution in [0, 0.1) is 5.82 Å². The molecule has 2 aromatic rings. The fourth-order valence-electron chi connectivity index (χ4n) is 1.59. The first kappa shape index (κ1) is 13.3. The molecule has 1 aromatic heterocycles. The second-order valence-electron chi connectivity index (χ2n) is 3.91. The number of nitrogen functional groups attached to an aromatic ring is 1. The van der Waals surface area contributed by atoms with Crippen LogP contribution in [0.3, 0.4) is 0 Å². The van der Waals surface area contributed by atoms with Crippen molar-refractivity contribution in [1.82, 2.24) is 4.98 Å². The molecule has 0 bridgehead atoms. The van der Waals surface area contributed by atoms with Crippen LogP contribution in [0.25, 0.3) is 0 Å². The lowest BCUT2D eigenvalue weighted by molar-refractivity contribution is 0.0992. The van der Waals surface area contributed by atoms with Gasteiger partial charge in [-0.1, -0.05) is 23.7 Å². The van der Waals surface area contributed by atoms with Crippen molar-refractivity contribution in [3.8, 4) is 0 Å². The molecule has 0 spiro atoms. The van der Waals surface area contributed by atoms with Gasteiger partial charge in [0.2, 0.25) is 0 Å². The normalized spacial score (nSPS) is 10.3. The monoisotopic (exact) mass is 279 g/mol. The molecule has 4 nitrogen and oxygen atoms in total. The highest BCUT2D eigenvalue weighted by atomic mass is 35.5. The summed E-state index contributed by atoms with van der Waals surface area (Å²) in [6.45, 7) is 0. The quantitative estimate of drug-likeness (QED) is 0.919. The van der Waals surface area contributed by atoms with E-state index in [1.165, 1.54) is 36.3 Å². The van der Waals surface area contributed by atoms with Crippen molar-refractivity contribution in [2.45, 2.75) is 0 Å². The molecule has 2 rings (SSSR count). The third kappa shape index (κ3) is 2.66. The Labute approximate surface area is 114 Å². The van der Waals surface area contributed by atoms with Gasteiger partial charge < -0.3 is 10.6 Å². The summed E-state index contributed by atoms with van der Waals surface area (Å²) in [6.07, 6.45) is 1.31. The van der Waals surface area contributed by atoms with Crippen LogP contribution in [0.4, 0.5) is 15.9 Å². The zero-order valence-corrected chi connectivity index (χ0v) is 10.9. The minimum Gasteiger partial charge on any atom is -0.382 e. The first-order valence-electron chi connectivity index (χ1n) is 5.44. The van der Waals surface area contributed by atoms with Gasteiger partial charge in [0.15, 0.2) is 0 Å². The van der Waals surface area contributed by atoms with E-state index in [9.17, 15) is 9.18 Å². The number of para-hydroxylation sites is 1. The largest absolute Gasteiger partial charge is 0.382 e. The fourth-order valence-corrected chi connectivity index (χ4v) is 1.76. The molecule has 2 N–H and O–H groups in total. The number of halogens is 2. The maximum Gasteiger partial charge on any atom is 0.259 e. The lowest BCUT2D eigenvalue weighted by atomic mass is 10.2. The van der Waals surface area contributed by atoms with Crippen molar-refractivity contribution in [1.29, 1.82) is 0 Å². The molecule has 6 heteroatoms. The molecule has 0 saturated carbocycles. The minimum atomic E-state index is -0.479. The number of pyridine rings is 1. The number of nitrogens with two attached hydrogens (primary N) is 1. The topological polar surface area (TPSA) is 59.2 Å². The molecule has 1 amide bonds. The van der Waals surface area contributed by atoms with E-state index in [0.29, 0.717) is 0 Å². The number of amides is 1. The van der Waals surface area contributed by atoms with Crippen LogP contribution in [0.15, 0.2) is 36.5 Å². The van der Waals surface area contributed by atoms with Gasteiger partial charge in [-0.15, -0.1) is 0 Å². The van der Waals surface area contributed by atoms with E-state index < -0.39 is 11.7 Å². The summed E-state index contributed by atoms with van der Waals surface area (Å²) in [5.41, 5.74) is 5.89. The Balaban J connectivity index is 2.34. The van der Waals surface area contributed by atoms with E-state index in [0.717, 1.165) is 0 Å². The summed E-state index contributed by atoms with van der Waals surface area (Å²) in [4.78, 5) is 17.2. The van der Waals surface area contributed by atoms with Crippen molar-refractivity contribution < 1.29 is 9.18 Å². The average Bonchev–Trinajstić information content (AvgIpc) is 2.41. The number of benzene rings is 1. The second kappa shape index (κ2) is 5.24. The van der Waals surface area contributed by atoms with Crippen molar-refractivity contribution in [2.24, 2.45) is 0 Å².